The third-order valence-corrected chi connectivity index (χ3v) is 5.16. The van der Waals surface area contributed by atoms with E-state index in [9.17, 15) is 4.79 Å². The van der Waals surface area contributed by atoms with Gasteiger partial charge in [0, 0.05) is 29.4 Å². The van der Waals surface area contributed by atoms with Crippen molar-refractivity contribution >= 4 is 40.6 Å². The van der Waals surface area contributed by atoms with Gasteiger partial charge in [-0.15, -0.1) is 10.2 Å². The van der Waals surface area contributed by atoms with Gasteiger partial charge in [0.15, 0.2) is 5.82 Å². The molecule has 1 aromatic heterocycles. The van der Waals surface area contributed by atoms with Crippen molar-refractivity contribution in [2.45, 2.75) is 0 Å². The smallest absolute Gasteiger partial charge is 0.257 e. The lowest BCUT2D eigenvalue weighted by Crippen LogP contribution is -2.36. The minimum atomic E-state index is -0.320. The Morgan fingerprint density at radius 3 is 2.41 bits per heavy atom. The van der Waals surface area contributed by atoms with Gasteiger partial charge in [0.25, 0.3) is 5.91 Å². The molecule has 0 unspecified atom stereocenters. The largest absolute Gasteiger partial charge is 0.378 e. The molecule has 0 bridgehead atoms. The van der Waals surface area contributed by atoms with Crippen molar-refractivity contribution in [3.8, 4) is 11.3 Å². The van der Waals surface area contributed by atoms with E-state index >= 15 is 0 Å². The minimum Gasteiger partial charge on any atom is -0.378 e. The lowest BCUT2D eigenvalue weighted by molar-refractivity contribution is 0.102. The highest BCUT2D eigenvalue weighted by atomic mass is 35.5. The lowest BCUT2D eigenvalue weighted by atomic mass is 10.1. The molecule has 3 aromatic rings. The molecule has 0 atom stereocenters. The highest BCUT2D eigenvalue weighted by molar-refractivity contribution is 6.36. The van der Waals surface area contributed by atoms with Gasteiger partial charge in [-0.3, -0.25) is 4.79 Å². The van der Waals surface area contributed by atoms with Crippen LogP contribution in [-0.2, 0) is 4.74 Å². The maximum absolute atomic E-state index is 12.4. The summed E-state index contributed by atoms with van der Waals surface area (Å²) in [5.74, 6) is 0.527. The standard InChI is InChI=1S/C21H18Cl2N4O2/c22-15-3-6-18(23)17(13-15)21(28)24-16-4-1-14(2-5-16)19-7-8-20(26-25-19)27-9-11-29-12-10-27/h1-8,13H,9-12H2,(H,24,28). The zero-order chi connectivity index (χ0) is 20.2. The number of hydrogen-bond acceptors (Lipinski definition) is 5. The molecule has 148 valence electrons. The number of morpholine rings is 1. The van der Waals surface area contributed by atoms with Crippen LogP contribution in [-0.4, -0.2) is 42.4 Å². The number of amides is 1. The van der Waals surface area contributed by atoms with E-state index in [4.69, 9.17) is 27.9 Å². The first-order valence-electron chi connectivity index (χ1n) is 9.13. The maximum atomic E-state index is 12.4. The second-order valence-electron chi connectivity index (χ2n) is 6.53. The van der Waals surface area contributed by atoms with E-state index in [2.05, 4.69) is 20.4 Å². The summed E-state index contributed by atoms with van der Waals surface area (Å²) in [6.07, 6.45) is 0. The molecule has 1 fully saturated rings. The van der Waals surface area contributed by atoms with Gasteiger partial charge < -0.3 is 15.0 Å². The number of benzene rings is 2. The van der Waals surface area contributed by atoms with Gasteiger partial charge in [-0.2, -0.15) is 0 Å². The zero-order valence-electron chi connectivity index (χ0n) is 15.4. The molecule has 8 heteroatoms. The number of nitrogens with one attached hydrogen (secondary N) is 1. The molecule has 0 radical (unpaired) electrons. The van der Waals surface area contributed by atoms with E-state index in [1.54, 1.807) is 18.2 Å². The number of carbonyl (C=O) groups is 1. The molecule has 2 heterocycles. The fourth-order valence-electron chi connectivity index (χ4n) is 3.03. The summed E-state index contributed by atoms with van der Waals surface area (Å²) in [5.41, 5.74) is 2.64. The van der Waals surface area contributed by atoms with Gasteiger partial charge in [-0.05, 0) is 42.5 Å². The van der Waals surface area contributed by atoms with Crippen molar-refractivity contribution in [3.05, 3.63) is 70.2 Å². The van der Waals surface area contributed by atoms with E-state index in [0.29, 0.717) is 34.5 Å². The zero-order valence-corrected chi connectivity index (χ0v) is 17.0. The summed E-state index contributed by atoms with van der Waals surface area (Å²) < 4.78 is 5.36. The number of anilines is 2. The number of rotatable bonds is 4. The van der Waals surface area contributed by atoms with Crippen LogP contribution >= 0.6 is 23.2 Å². The molecule has 1 aliphatic rings. The molecular formula is C21H18Cl2N4O2. The molecule has 0 saturated carbocycles. The maximum Gasteiger partial charge on any atom is 0.257 e. The number of aromatic nitrogens is 2. The Hall–Kier alpha value is -2.67. The van der Waals surface area contributed by atoms with Crippen molar-refractivity contribution in [3.63, 3.8) is 0 Å². The highest BCUT2D eigenvalue weighted by Gasteiger charge is 2.14. The summed E-state index contributed by atoms with van der Waals surface area (Å²) in [7, 11) is 0. The summed E-state index contributed by atoms with van der Waals surface area (Å²) in [6, 6.07) is 16.1. The molecule has 0 aliphatic carbocycles. The number of hydrogen-bond donors (Lipinski definition) is 1. The Balaban J connectivity index is 1.45. The van der Waals surface area contributed by atoms with Gasteiger partial charge in [-0.25, -0.2) is 0 Å². The molecule has 1 amide bonds. The van der Waals surface area contributed by atoms with Crippen LogP contribution in [0, 0.1) is 0 Å². The molecule has 1 saturated heterocycles. The van der Waals surface area contributed by atoms with Crippen LogP contribution in [0.2, 0.25) is 10.0 Å². The third-order valence-electron chi connectivity index (χ3n) is 4.60. The number of ether oxygens (including phenoxy) is 1. The number of halogens is 2. The van der Waals surface area contributed by atoms with Gasteiger partial charge in [-0.1, -0.05) is 35.3 Å². The molecule has 2 aromatic carbocycles. The van der Waals surface area contributed by atoms with E-state index < -0.39 is 0 Å². The van der Waals surface area contributed by atoms with Gasteiger partial charge in [0.05, 0.1) is 29.5 Å². The first-order chi connectivity index (χ1) is 14.1. The quantitative estimate of drug-likeness (QED) is 0.660. The molecule has 29 heavy (non-hydrogen) atoms. The van der Waals surface area contributed by atoms with Crippen LogP contribution in [0.4, 0.5) is 11.5 Å². The summed E-state index contributed by atoms with van der Waals surface area (Å²) in [4.78, 5) is 14.6. The molecule has 6 nitrogen and oxygen atoms in total. The first kappa shape index (κ1) is 19.6. The molecular weight excluding hydrogens is 411 g/mol. The van der Waals surface area contributed by atoms with Crippen molar-refractivity contribution in [2.75, 3.05) is 36.5 Å². The van der Waals surface area contributed by atoms with Crippen LogP contribution in [0.1, 0.15) is 10.4 Å². The third kappa shape index (κ3) is 4.67. The van der Waals surface area contributed by atoms with Crippen molar-refractivity contribution < 1.29 is 9.53 Å². The SMILES string of the molecule is O=C(Nc1ccc(-c2ccc(N3CCOCC3)nn2)cc1)c1cc(Cl)ccc1Cl. The molecule has 1 N–H and O–H groups in total. The fourth-order valence-corrected chi connectivity index (χ4v) is 3.41. The van der Waals surface area contributed by atoms with E-state index in [1.165, 1.54) is 0 Å². The van der Waals surface area contributed by atoms with Crippen LogP contribution < -0.4 is 10.2 Å². The molecule has 0 spiro atoms. The Morgan fingerprint density at radius 1 is 0.966 bits per heavy atom. The number of carbonyl (C=O) groups excluding carboxylic acids is 1. The normalized spacial score (nSPS) is 13.9. The van der Waals surface area contributed by atoms with Crippen LogP contribution in [0.5, 0.6) is 0 Å². The Morgan fingerprint density at radius 2 is 1.72 bits per heavy atom. The Kier molecular flexibility index (Phi) is 5.94. The average Bonchev–Trinajstić information content (AvgIpc) is 2.77. The molecule has 1 aliphatic heterocycles. The Bertz CT molecular complexity index is 1000. The topological polar surface area (TPSA) is 67.4 Å². The minimum absolute atomic E-state index is 0.320. The van der Waals surface area contributed by atoms with Crippen molar-refractivity contribution in [1.29, 1.82) is 0 Å². The predicted molar refractivity (Wildman–Crippen MR) is 115 cm³/mol. The van der Waals surface area contributed by atoms with E-state index in [0.717, 1.165) is 30.2 Å². The molecule has 4 rings (SSSR count). The average molecular weight is 429 g/mol. The van der Waals surface area contributed by atoms with Gasteiger partial charge >= 0.3 is 0 Å². The van der Waals surface area contributed by atoms with Crippen LogP contribution in [0.15, 0.2) is 54.6 Å². The van der Waals surface area contributed by atoms with Crippen molar-refractivity contribution in [1.82, 2.24) is 10.2 Å². The summed E-state index contributed by atoms with van der Waals surface area (Å²) in [6.45, 7) is 3.05. The first-order valence-corrected chi connectivity index (χ1v) is 9.89. The van der Waals surface area contributed by atoms with Crippen molar-refractivity contribution in [2.24, 2.45) is 0 Å². The Labute approximate surface area is 178 Å². The van der Waals surface area contributed by atoms with Gasteiger partial charge in [0.2, 0.25) is 0 Å². The summed E-state index contributed by atoms with van der Waals surface area (Å²) in [5, 5.41) is 12.3. The highest BCUT2D eigenvalue weighted by Crippen LogP contribution is 2.24. The second kappa shape index (κ2) is 8.78. The van der Waals surface area contributed by atoms with E-state index in [1.807, 2.05) is 36.4 Å². The van der Waals surface area contributed by atoms with Gasteiger partial charge in [0.1, 0.15) is 0 Å². The summed E-state index contributed by atoms with van der Waals surface area (Å²) >= 11 is 12.0. The lowest BCUT2D eigenvalue weighted by Gasteiger charge is -2.27. The fraction of sp³-hybridized carbons (Fsp3) is 0.190. The predicted octanol–water partition coefficient (Wildman–Crippen LogP) is 4.54. The monoisotopic (exact) mass is 428 g/mol. The van der Waals surface area contributed by atoms with Crippen LogP contribution in [0.25, 0.3) is 11.3 Å². The van der Waals surface area contributed by atoms with E-state index in [-0.39, 0.29) is 5.91 Å². The van der Waals surface area contributed by atoms with Crippen LogP contribution in [0.3, 0.4) is 0 Å². The number of nitrogens with zero attached hydrogens (tertiary/aromatic N) is 3. The second-order valence-corrected chi connectivity index (χ2v) is 7.38.